The van der Waals surface area contributed by atoms with E-state index in [0.717, 1.165) is 22.4 Å². The number of carbonyl (C=O) groups is 1. The number of rotatable bonds is 5. The fraction of sp³-hybridized carbons (Fsp3) is 0.500. The lowest BCUT2D eigenvalue weighted by Gasteiger charge is -2.17. The largest absolute Gasteiger partial charge is 0.346 e. The Labute approximate surface area is 132 Å². The van der Waals surface area contributed by atoms with Gasteiger partial charge in [-0.05, 0) is 49.7 Å². The van der Waals surface area contributed by atoms with Gasteiger partial charge in [0.1, 0.15) is 6.04 Å². The van der Waals surface area contributed by atoms with E-state index in [0.29, 0.717) is 0 Å². The molecule has 1 N–H and O–H groups in total. The second kappa shape index (κ2) is 6.43. The topological polar surface area (TPSA) is 64.7 Å². The number of aromatic nitrogens is 4. The van der Waals surface area contributed by atoms with Crippen LogP contribution in [-0.4, -0.2) is 25.5 Å². The smallest absolute Gasteiger partial charge is 0.245 e. The molecule has 2 rings (SSSR count). The second-order valence-corrected chi connectivity index (χ2v) is 5.88. The number of hydrogen-bond donors (Lipinski definition) is 1. The molecule has 114 valence electrons. The molecule has 7 heteroatoms. The van der Waals surface area contributed by atoms with Crippen LogP contribution in [0.3, 0.4) is 0 Å². The summed E-state index contributed by atoms with van der Waals surface area (Å²) in [5, 5.41) is 11.6. The average Bonchev–Trinajstić information content (AvgIpc) is 3.06. The van der Waals surface area contributed by atoms with Crippen molar-refractivity contribution in [3.8, 4) is 0 Å². The standard InChI is InChI=1S/C14H20BrN5O/c1-5-19-7-6-13(18-19)9(2)17-14(21)11(4)20-10(3)12(15)8-16-20/h6-9,11H,5H2,1-4H3,(H,17,21). The van der Waals surface area contributed by atoms with E-state index in [9.17, 15) is 4.79 Å². The minimum Gasteiger partial charge on any atom is -0.346 e. The summed E-state index contributed by atoms with van der Waals surface area (Å²) in [5.41, 5.74) is 1.79. The molecule has 0 aliphatic carbocycles. The fourth-order valence-electron chi connectivity index (χ4n) is 2.10. The van der Waals surface area contributed by atoms with E-state index < -0.39 is 0 Å². The van der Waals surface area contributed by atoms with Crippen molar-refractivity contribution in [1.82, 2.24) is 24.9 Å². The van der Waals surface area contributed by atoms with Crippen LogP contribution in [0.2, 0.25) is 0 Å². The molecule has 2 unspecified atom stereocenters. The summed E-state index contributed by atoms with van der Waals surface area (Å²) < 4.78 is 4.45. The molecule has 0 aliphatic heterocycles. The second-order valence-electron chi connectivity index (χ2n) is 5.03. The molecule has 6 nitrogen and oxygen atoms in total. The minimum atomic E-state index is -0.369. The lowest BCUT2D eigenvalue weighted by molar-refractivity contribution is -0.124. The van der Waals surface area contributed by atoms with Crippen molar-refractivity contribution in [2.75, 3.05) is 0 Å². The number of hydrogen-bond acceptors (Lipinski definition) is 3. The van der Waals surface area contributed by atoms with Crippen LogP contribution >= 0.6 is 15.9 Å². The summed E-state index contributed by atoms with van der Waals surface area (Å²) in [6.07, 6.45) is 3.61. The Kier molecular flexibility index (Phi) is 4.82. The normalized spacial score (nSPS) is 14.0. The predicted molar refractivity (Wildman–Crippen MR) is 83.8 cm³/mol. The number of nitrogens with one attached hydrogen (secondary N) is 1. The van der Waals surface area contributed by atoms with Gasteiger partial charge in [-0.25, -0.2) is 0 Å². The summed E-state index contributed by atoms with van der Waals surface area (Å²) in [6, 6.07) is 1.42. The molecule has 0 fully saturated rings. The monoisotopic (exact) mass is 353 g/mol. The zero-order valence-corrected chi connectivity index (χ0v) is 14.3. The first-order valence-corrected chi connectivity index (χ1v) is 7.76. The molecule has 2 aromatic rings. The van der Waals surface area contributed by atoms with Gasteiger partial charge in [0.25, 0.3) is 0 Å². The van der Waals surface area contributed by atoms with Gasteiger partial charge < -0.3 is 5.32 Å². The van der Waals surface area contributed by atoms with Crippen LogP contribution in [0, 0.1) is 6.92 Å². The maximum absolute atomic E-state index is 12.3. The van der Waals surface area contributed by atoms with Crippen LogP contribution in [0.4, 0.5) is 0 Å². The Morgan fingerprint density at radius 3 is 2.71 bits per heavy atom. The van der Waals surface area contributed by atoms with Gasteiger partial charge in [0, 0.05) is 12.7 Å². The van der Waals surface area contributed by atoms with E-state index >= 15 is 0 Å². The van der Waals surface area contributed by atoms with E-state index in [2.05, 4.69) is 31.4 Å². The molecule has 0 spiro atoms. The summed E-state index contributed by atoms with van der Waals surface area (Å²) in [5.74, 6) is -0.0766. The minimum absolute atomic E-state index is 0.0766. The van der Waals surface area contributed by atoms with Gasteiger partial charge in [-0.1, -0.05) is 0 Å². The van der Waals surface area contributed by atoms with Gasteiger partial charge in [0.15, 0.2) is 0 Å². The number of aryl methyl sites for hydroxylation is 1. The van der Waals surface area contributed by atoms with E-state index in [1.54, 1.807) is 10.9 Å². The Bertz CT molecular complexity index is 633. The van der Waals surface area contributed by atoms with Crippen molar-refractivity contribution < 1.29 is 4.79 Å². The van der Waals surface area contributed by atoms with Crippen molar-refractivity contribution in [1.29, 1.82) is 0 Å². The first-order chi connectivity index (χ1) is 9.93. The maximum Gasteiger partial charge on any atom is 0.245 e. The molecule has 0 aliphatic rings. The van der Waals surface area contributed by atoms with Gasteiger partial charge in [-0.2, -0.15) is 10.2 Å². The van der Waals surface area contributed by atoms with E-state index in [1.165, 1.54) is 0 Å². The molecule has 1 amide bonds. The van der Waals surface area contributed by atoms with Crippen molar-refractivity contribution >= 4 is 21.8 Å². The van der Waals surface area contributed by atoms with Gasteiger partial charge in [0.2, 0.25) is 5.91 Å². The predicted octanol–water partition coefficient (Wildman–Crippen LogP) is 2.61. The number of nitrogens with zero attached hydrogens (tertiary/aromatic N) is 4. The van der Waals surface area contributed by atoms with Crippen molar-refractivity contribution in [3.05, 3.63) is 34.3 Å². The quantitative estimate of drug-likeness (QED) is 0.898. The Morgan fingerprint density at radius 1 is 1.48 bits per heavy atom. The molecule has 0 bridgehead atoms. The van der Waals surface area contributed by atoms with E-state index in [1.807, 2.05) is 44.6 Å². The van der Waals surface area contributed by atoms with Crippen LogP contribution in [0.25, 0.3) is 0 Å². The molecule has 2 aromatic heterocycles. The molecular formula is C14H20BrN5O. The zero-order chi connectivity index (χ0) is 15.6. The SMILES string of the molecule is CCn1ccc(C(C)NC(=O)C(C)n2ncc(Br)c2C)n1. The Morgan fingerprint density at radius 2 is 2.19 bits per heavy atom. The Hall–Kier alpha value is -1.63. The lowest BCUT2D eigenvalue weighted by Crippen LogP contribution is -2.34. The molecule has 0 radical (unpaired) electrons. The first-order valence-electron chi connectivity index (χ1n) is 6.97. The third kappa shape index (κ3) is 3.34. The van der Waals surface area contributed by atoms with Crippen molar-refractivity contribution in [2.45, 2.75) is 46.3 Å². The average molecular weight is 354 g/mol. The first kappa shape index (κ1) is 15.8. The summed E-state index contributed by atoms with van der Waals surface area (Å²) in [6.45, 7) is 8.53. The lowest BCUT2D eigenvalue weighted by atomic mass is 10.2. The summed E-state index contributed by atoms with van der Waals surface area (Å²) >= 11 is 3.40. The summed E-state index contributed by atoms with van der Waals surface area (Å²) in [7, 11) is 0. The van der Waals surface area contributed by atoms with Crippen LogP contribution < -0.4 is 5.32 Å². The van der Waals surface area contributed by atoms with Gasteiger partial charge >= 0.3 is 0 Å². The van der Waals surface area contributed by atoms with Crippen LogP contribution in [-0.2, 0) is 11.3 Å². The molecule has 2 heterocycles. The van der Waals surface area contributed by atoms with Gasteiger partial charge in [-0.3, -0.25) is 14.2 Å². The molecule has 0 saturated carbocycles. The van der Waals surface area contributed by atoms with Crippen LogP contribution in [0.1, 0.15) is 44.2 Å². The van der Waals surface area contributed by atoms with Crippen molar-refractivity contribution in [3.63, 3.8) is 0 Å². The van der Waals surface area contributed by atoms with Gasteiger partial charge in [-0.15, -0.1) is 0 Å². The maximum atomic E-state index is 12.3. The Balaban J connectivity index is 2.05. The van der Waals surface area contributed by atoms with Crippen LogP contribution in [0.15, 0.2) is 22.9 Å². The number of amides is 1. The van der Waals surface area contributed by atoms with Crippen molar-refractivity contribution in [2.24, 2.45) is 0 Å². The zero-order valence-electron chi connectivity index (χ0n) is 12.7. The highest BCUT2D eigenvalue weighted by molar-refractivity contribution is 9.10. The highest BCUT2D eigenvalue weighted by Crippen LogP contribution is 2.19. The van der Waals surface area contributed by atoms with Crippen LogP contribution in [0.5, 0.6) is 0 Å². The third-order valence-electron chi connectivity index (χ3n) is 3.52. The highest BCUT2D eigenvalue weighted by atomic mass is 79.9. The summed E-state index contributed by atoms with van der Waals surface area (Å²) in [4.78, 5) is 12.3. The molecule has 21 heavy (non-hydrogen) atoms. The fourth-order valence-corrected chi connectivity index (χ4v) is 2.37. The number of halogens is 1. The van der Waals surface area contributed by atoms with E-state index in [4.69, 9.17) is 0 Å². The molecular weight excluding hydrogens is 334 g/mol. The molecule has 2 atom stereocenters. The van der Waals surface area contributed by atoms with E-state index in [-0.39, 0.29) is 18.0 Å². The molecule has 0 saturated heterocycles. The highest BCUT2D eigenvalue weighted by Gasteiger charge is 2.21. The molecule has 0 aromatic carbocycles. The van der Waals surface area contributed by atoms with Gasteiger partial charge in [0.05, 0.1) is 28.1 Å². The third-order valence-corrected chi connectivity index (χ3v) is 4.30. The number of carbonyl (C=O) groups excluding carboxylic acids is 1.